The first-order valence-electron chi connectivity index (χ1n) is 20.4. The van der Waals surface area contributed by atoms with E-state index in [9.17, 15) is 0 Å². The van der Waals surface area contributed by atoms with Gasteiger partial charge in [0.05, 0.1) is 28.1 Å². The first kappa shape index (κ1) is 34.7. The Hall–Kier alpha value is -5.80. The Morgan fingerprint density at radius 1 is 0.518 bits per heavy atom. The van der Waals surface area contributed by atoms with Crippen LogP contribution in [0.4, 0.5) is 11.4 Å². The molecule has 3 atom stereocenters. The van der Waals surface area contributed by atoms with Crippen molar-refractivity contribution in [1.29, 1.82) is 0 Å². The van der Waals surface area contributed by atoms with E-state index in [0.29, 0.717) is 17.3 Å². The normalized spacial score (nSPS) is 17.4. The zero-order valence-electron chi connectivity index (χ0n) is 33.5. The van der Waals surface area contributed by atoms with Crippen molar-refractivity contribution in [2.24, 2.45) is 16.7 Å². The molecule has 3 heteroatoms. The molecule has 10 rings (SSSR count). The lowest BCUT2D eigenvalue weighted by molar-refractivity contribution is 0.164. The van der Waals surface area contributed by atoms with Gasteiger partial charge in [0.1, 0.15) is 0 Å². The van der Waals surface area contributed by atoms with E-state index < -0.39 is 0 Å². The van der Waals surface area contributed by atoms with Gasteiger partial charge in [0.15, 0.2) is 0 Å². The van der Waals surface area contributed by atoms with Crippen molar-refractivity contribution in [3.05, 3.63) is 169 Å². The first-order chi connectivity index (χ1) is 27.0. The molecule has 0 spiro atoms. The zero-order chi connectivity index (χ0) is 38.3. The number of para-hydroxylation sites is 3. The monoisotopic (exact) mass is 729 g/mol. The van der Waals surface area contributed by atoms with Crippen molar-refractivity contribution in [3.8, 4) is 11.4 Å². The second kappa shape index (κ2) is 12.9. The number of rotatable bonds is 6. The van der Waals surface area contributed by atoms with Crippen LogP contribution < -0.4 is 4.90 Å². The van der Waals surface area contributed by atoms with Crippen LogP contribution in [0, 0.1) is 16.7 Å². The molecule has 2 aromatic heterocycles. The number of fused-ring (bicyclic) bond motifs is 9. The molecule has 3 unspecified atom stereocenters. The lowest BCUT2D eigenvalue weighted by Gasteiger charge is -2.36. The molecule has 3 heterocycles. The maximum Gasteiger partial charge on any atom is 0.0629 e. The van der Waals surface area contributed by atoms with Gasteiger partial charge >= 0.3 is 0 Å². The van der Waals surface area contributed by atoms with Crippen LogP contribution in [0.2, 0.25) is 0 Å². The van der Waals surface area contributed by atoms with Gasteiger partial charge in [0.25, 0.3) is 0 Å². The van der Waals surface area contributed by atoms with Gasteiger partial charge in [-0.3, -0.25) is 0 Å². The number of nitrogens with zero attached hydrogens (tertiary/aromatic N) is 3. The van der Waals surface area contributed by atoms with Crippen molar-refractivity contribution in [3.63, 3.8) is 0 Å². The molecule has 0 radical (unpaired) electrons. The Kier molecular flexibility index (Phi) is 7.98. The van der Waals surface area contributed by atoms with Crippen LogP contribution in [0.15, 0.2) is 158 Å². The second-order valence-corrected chi connectivity index (χ2v) is 18.5. The fourth-order valence-electron chi connectivity index (χ4n) is 9.85. The molecule has 0 N–H and O–H groups in total. The van der Waals surface area contributed by atoms with E-state index in [1.165, 1.54) is 83.9 Å². The average Bonchev–Trinajstić information content (AvgIpc) is 3.82. The van der Waals surface area contributed by atoms with E-state index >= 15 is 0 Å². The molecule has 278 valence electrons. The van der Waals surface area contributed by atoms with Gasteiger partial charge in [-0.15, -0.1) is 0 Å². The smallest absolute Gasteiger partial charge is 0.0629 e. The molecule has 8 aromatic rings. The van der Waals surface area contributed by atoms with E-state index in [1.807, 2.05) is 0 Å². The van der Waals surface area contributed by atoms with Crippen molar-refractivity contribution in [1.82, 2.24) is 9.13 Å². The van der Waals surface area contributed by atoms with Gasteiger partial charge in [-0.25, -0.2) is 0 Å². The number of anilines is 2. The van der Waals surface area contributed by atoms with Crippen LogP contribution in [-0.2, 0) is 6.42 Å². The largest absolute Gasteiger partial charge is 0.333 e. The lowest BCUT2D eigenvalue weighted by atomic mass is 9.70. The third-order valence-electron chi connectivity index (χ3n) is 12.6. The number of hydrogen-bond acceptors (Lipinski definition) is 1. The van der Waals surface area contributed by atoms with Crippen LogP contribution in [-0.4, -0.2) is 15.2 Å². The molecule has 1 aliphatic carbocycles. The molecule has 6 aromatic carbocycles. The van der Waals surface area contributed by atoms with E-state index in [2.05, 4.69) is 213 Å². The minimum atomic E-state index is 0.240. The average molecular weight is 730 g/mol. The Labute approximate surface area is 331 Å². The van der Waals surface area contributed by atoms with E-state index in [4.69, 9.17) is 0 Å². The third-order valence-corrected chi connectivity index (χ3v) is 12.6. The molecular weight excluding hydrogens is 679 g/mol. The molecule has 0 saturated carbocycles. The standard InChI is InChI=1S/C53H51N3/c1-52(2,3)34-36(53(4,5)6)31-35-23-25-37(26-24-35)54-50-29-27-38(55-46-19-11-7-15-40(46)41-16-8-12-20-47(41)55)32-44(50)45-33-39(28-30-51(45)54)56-48-21-13-9-17-42(48)43-18-10-14-22-49(43)56/h7-30,32-33,36,40,46H,31,34H2,1-6H3. The Bertz CT molecular complexity index is 2790. The summed E-state index contributed by atoms with van der Waals surface area (Å²) in [7, 11) is 0. The molecule has 3 nitrogen and oxygen atoms in total. The van der Waals surface area contributed by atoms with Gasteiger partial charge in [0, 0.05) is 50.2 Å². The van der Waals surface area contributed by atoms with Gasteiger partial charge in [-0.1, -0.05) is 133 Å². The van der Waals surface area contributed by atoms with Crippen molar-refractivity contribution in [2.45, 2.75) is 66.3 Å². The molecule has 0 saturated heterocycles. The summed E-state index contributed by atoms with van der Waals surface area (Å²) >= 11 is 0. The molecule has 2 aliphatic rings. The summed E-state index contributed by atoms with van der Waals surface area (Å²) in [4.78, 5) is 2.55. The Morgan fingerprint density at radius 3 is 1.71 bits per heavy atom. The minimum Gasteiger partial charge on any atom is -0.333 e. The summed E-state index contributed by atoms with van der Waals surface area (Å²) < 4.78 is 4.92. The topological polar surface area (TPSA) is 13.1 Å². The summed E-state index contributed by atoms with van der Waals surface area (Å²) in [6, 6.07) is 50.5. The molecule has 1 aliphatic heterocycles. The predicted molar refractivity (Wildman–Crippen MR) is 239 cm³/mol. The number of benzene rings is 6. The van der Waals surface area contributed by atoms with Gasteiger partial charge in [-0.05, 0) is 107 Å². The summed E-state index contributed by atoms with van der Waals surface area (Å²) in [6.07, 6.45) is 11.4. The van der Waals surface area contributed by atoms with Crippen LogP contribution in [0.3, 0.4) is 0 Å². The van der Waals surface area contributed by atoms with Crippen molar-refractivity contribution in [2.75, 3.05) is 4.90 Å². The van der Waals surface area contributed by atoms with E-state index in [1.54, 1.807) is 0 Å². The minimum absolute atomic E-state index is 0.240. The van der Waals surface area contributed by atoms with Crippen molar-refractivity contribution < 1.29 is 0 Å². The lowest BCUT2D eigenvalue weighted by Crippen LogP contribution is -2.28. The predicted octanol–water partition coefficient (Wildman–Crippen LogP) is 14.3. The van der Waals surface area contributed by atoms with Crippen LogP contribution in [0.25, 0.3) is 55.0 Å². The SMILES string of the molecule is CC(C)(C)CC(Cc1ccc(-n2c3ccc(N4c5ccccc5C5C=CC=CC54)cc3c3cc(-n4c5ccccc5c5ccccc54)ccc32)cc1)C(C)(C)C. The Balaban J connectivity index is 1.15. The molecule has 56 heavy (non-hydrogen) atoms. The van der Waals surface area contributed by atoms with Crippen LogP contribution in [0.5, 0.6) is 0 Å². The van der Waals surface area contributed by atoms with E-state index in [0.717, 1.165) is 6.42 Å². The van der Waals surface area contributed by atoms with Gasteiger partial charge < -0.3 is 14.0 Å². The highest BCUT2D eigenvalue weighted by atomic mass is 15.2. The first-order valence-corrected chi connectivity index (χ1v) is 20.4. The maximum atomic E-state index is 2.55. The zero-order valence-corrected chi connectivity index (χ0v) is 33.5. The third kappa shape index (κ3) is 5.70. The highest BCUT2D eigenvalue weighted by Gasteiger charge is 2.37. The van der Waals surface area contributed by atoms with Gasteiger partial charge in [-0.2, -0.15) is 0 Å². The molecular formula is C53H51N3. The molecule has 0 amide bonds. The van der Waals surface area contributed by atoms with Gasteiger partial charge in [0.2, 0.25) is 0 Å². The molecule has 0 bridgehead atoms. The summed E-state index contributed by atoms with van der Waals surface area (Å²) in [6.45, 7) is 14.3. The Morgan fingerprint density at radius 2 is 1.05 bits per heavy atom. The van der Waals surface area contributed by atoms with Crippen molar-refractivity contribution >= 4 is 55.0 Å². The number of allylic oxidation sites excluding steroid dienone is 2. The molecule has 0 fully saturated rings. The summed E-state index contributed by atoms with van der Waals surface area (Å²) in [5.74, 6) is 0.944. The highest BCUT2D eigenvalue weighted by molar-refractivity contribution is 6.13. The summed E-state index contributed by atoms with van der Waals surface area (Å²) in [5, 5.41) is 5.08. The highest BCUT2D eigenvalue weighted by Crippen LogP contribution is 2.49. The van der Waals surface area contributed by atoms with Crippen LogP contribution in [0.1, 0.15) is 65.0 Å². The summed E-state index contributed by atoms with van der Waals surface area (Å²) in [5.41, 5.74) is 13.1. The van der Waals surface area contributed by atoms with Crippen LogP contribution >= 0.6 is 0 Å². The quantitative estimate of drug-likeness (QED) is 0.166. The van der Waals surface area contributed by atoms with E-state index in [-0.39, 0.29) is 11.5 Å². The second-order valence-electron chi connectivity index (χ2n) is 18.5. The number of aromatic nitrogens is 2. The fraction of sp³-hybridized carbons (Fsp3) is 0.245. The fourth-order valence-corrected chi connectivity index (χ4v) is 9.85. The maximum absolute atomic E-state index is 2.55. The number of hydrogen-bond donors (Lipinski definition) is 0.